The number of rotatable bonds is 4. The second-order valence-electron chi connectivity index (χ2n) is 3.76. The molecule has 2 atom stereocenters. The van der Waals surface area contributed by atoms with Crippen molar-refractivity contribution < 1.29 is 9.47 Å². The Balaban J connectivity index is 2.17. The van der Waals surface area contributed by atoms with Gasteiger partial charge in [0.1, 0.15) is 0 Å². The molecule has 0 bridgehead atoms. The minimum Gasteiger partial charge on any atom is -0.378 e. The summed E-state index contributed by atoms with van der Waals surface area (Å²) in [5, 5.41) is 1.03. The van der Waals surface area contributed by atoms with Crippen LogP contribution in [0.3, 0.4) is 0 Å². The van der Waals surface area contributed by atoms with E-state index in [4.69, 9.17) is 9.47 Å². The summed E-state index contributed by atoms with van der Waals surface area (Å²) in [6, 6.07) is 0. The van der Waals surface area contributed by atoms with E-state index in [-0.39, 0.29) is 0 Å². The summed E-state index contributed by atoms with van der Waals surface area (Å²) >= 11 is 3.39. The summed E-state index contributed by atoms with van der Waals surface area (Å²) in [4.78, 5) is 0. The maximum Gasteiger partial charge on any atom is 0.0624 e. The Kier molecular flexibility index (Phi) is 5.29. The van der Waals surface area contributed by atoms with Crippen molar-refractivity contribution in [2.75, 3.05) is 11.9 Å². The highest BCUT2D eigenvalue weighted by atomic mass is 79.9. The van der Waals surface area contributed by atoms with Gasteiger partial charge in [-0.25, -0.2) is 0 Å². The molecule has 3 heteroatoms. The van der Waals surface area contributed by atoms with Gasteiger partial charge >= 0.3 is 0 Å². The van der Waals surface area contributed by atoms with Crippen molar-refractivity contribution in [2.45, 2.75) is 51.4 Å². The van der Waals surface area contributed by atoms with Crippen molar-refractivity contribution in [2.24, 2.45) is 0 Å². The van der Waals surface area contributed by atoms with Crippen molar-refractivity contribution in [1.82, 2.24) is 0 Å². The molecule has 0 amide bonds. The van der Waals surface area contributed by atoms with Gasteiger partial charge in [0.05, 0.1) is 18.3 Å². The Morgan fingerprint density at radius 1 is 1.31 bits per heavy atom. The highest BCUT2D eigenvalue weighted by Crippen LogP contribution is 2.21. The molecule has 1 fully saturated rings. The molecule has 1 rings (SSSR count). The molecule has 0 N–H and O–H groups in total. The lowest BCUT2D eigenvalue weighted by molar-refractivity contribution is -0.101. The lowest BCUT2D eigenvalue weighted by atomic mass is 10.0. The largest absolute Gasteiger partial charge is 0.378 e. The van der Waals surface area contributed by atoms with Crippen LogP contribution in [0, 0.1) is 0 Å². The van der Waals surface area contributed by atoms with Gasteiger partial charge in [-0.2, -0.15) is 0 Å². The van der Waals surface area contributed by atoms with Crippen LogP contribution in [0.25, 0.3) is 0 Å². The summed E-state index contributed by atoms with van der Waals surface area (Å²) in [7, 11) is 0. The fourth-order valence-electron chi connectivity index (χ4n) is 1.78. The molecule has 1 aliphatic rings. The van der Waals surface area contributed by atoms with E-state index in [0.717, 1.165) is 31.2 Å². The molecule has 0 spiro atoms. The quantitative estimate of drug-likeness (QED) is 0.565. The molecule has 0 radical (unpaired) electrons. The van der Waals surface area contributed by atoms with Crippen molar-refractivity contribution in [3.8, 4) is 0 Å². The molecule has 0 aromatic rings. The van der Waals surface area contributed by atoms with Gasteiger partial charge in [0.25, 0.3) is 0 Å². The van der Waals surface area contributed by atoms with Crippen LogP contribution >= 0.6 is 15.9 Å². The first-order chi connectivity index (χ1) is 6.22. The standard InChI is InChI=1S/C10H19BrO2/c1-8-6-10(7-9(2)13-8)12-5-3-4-11/h8-10H,3-7H2,1-2H3. The summed E-state index contributed by atoms with van der Waals surface area (Å²) in [5.74, 6) is 0. The van der Waals surface area contributed by atoms with Gasteiger partial charge in [0, 0.05) is 11.9 Å². The number of hydrogen-bond acceptors (Lipinski definition) is 2. The van der Waals surface area contributed by atoms with Crippen LogP contribution in [0.1, 0.15) is 33.1 Å². The number of halogens is 1. The molecule has 0 aromatic carbocycles. The zero-order valence-corrected chi connectivity index (χ0v) is 10.0. The third-order valence-corrected chi connectivity index (χ3v) is 2.85. The van der Waals surface area contributed by atoms with Crippen LogP contribution in [0.4, 0.5) is 0 Å². The van der Waals surface area contributed by atoms with Crippen molar-refractivity contribution in [1.29, 1.82) is 0 Å². The Bertz CT molecular complexity index is 131. The van der Waals surface area contributed by atoms with Gasteiger partial charge < -0.3 is 9.47 Å². The minimum atomic E-state index is 0.359. The second kappa shape index (κ2) is 5.99. The summed E-state index contributed by atoms with van der Waals surface area (Å²) in [5.41, 5.74) is 0. The van der Waals surface area contributed by atoms with Gasteiger partial charge in [-0.1, -0.05) is 15.9 Å². The van der Waals surface area contributed by atoms with Crippen LogP contribution < -0.4 is 0 Å². The summed E-state index contributed by atoms with van der Waals surface area (Å²) in [6.07, 6.45) is 4.33. The molecule has 1 saturated heterocycles. The SMILES string of the molecule is CC1CC(OCCCBr)CC(C)O1. The third kappa shape index (κ3) is 4.43. The topological polar surface area (TPSA) is 18.5 Å². The lowest BCUT2D eigenvalue weighted by Gasteiger charge is -2.31. The zero-order valence-electron chi connectivity index (χ0n) is 8.46. The fourth-order valence-corrected chi connectivity index (χ4v) is 2.01. The van der Waals surface area contributed by atoms with E-state index in [1.54, 1.807) is 0 Å². The van der Waals surface area contributed by atoms with Crippen LogP contribution in [0.5, 0.6) is 0 Å². The van der Waals surface area contributed by atoms with Crippen molar-refractivity contribution in [3.63, 3.8) is 0 Å². The van der Waals surface area contributed by atoms with E-state index in [2.05, 4.69) is 29.8 Å². The average Bonchev–Trinajstić information content (AvgIpc) is 2.03. The van der Waals surface area contributed by atoms with Crippen LogP contribution in [0.2, 0.25) is 0 Å². The number of hydrogen-bond donors (Lipinski definition) is 0. The van der Waals surface area contributed by atoms with Gasteiger partial charge in [0.15, 0.2) is 0 Å². The first-order valence-corrected chi connectivity index (χ1v) is 6.17. The first kappa shape index (κ1) is 11.5. The normalized spacial score (nSPS) is 34.8. The highest BCUT2D eigenvalue weighted by Gasteiger charge is 2.24. The average molecular weight is 251 g/mol. The van der Waals surface area contributed by atoms with Gasteiger partial charge in [-0.05, 0) is 33.1 Å². The maximum absolute atomic E-state index is 5.75. The minimum absolute atomic E-state index is 0.359. The Labute approximate surface area is 89.1 Å². The van der Waals surface area contributed by atoms with Gasteiger partial charge in [-0.3, -0.25) is 0 Å². The third-order valence-electron chi connectivity index (χ3n) is 2.29. The molecule has 1 heterocycles. The van der Waals surface area contributed by atoms with Gasteiger partial charge in [0.2, 0.25) is 0 Å². The van der Waals surface area contributed by atoms with Crippen molar-refractivity contribution >= 4 is 15.9 Å². The number of ether oxygens (including phenoxy) is 2. The fraction of sp³-hybridized carbons (Fsp3) is 1.00. The molecule has 1 aliphatic heterocycles. The predicted octanol–water partition coefficient (Wildman–Crippen LogP) is 2.74. The molecule has 78 valence electrons. The predicted molar refractivity (Wildman–Crippen MR) is 57.4 cm³/mol. The second-order valence-corrected chi connectivity index (χ2v) is 4.56. The Hall–Kier alpha value is 0.400. The van der Waals surface area contributed by atoms with Crippen LogP contribution in [0.15, 0.2) is 0 Å². The molecule has 0 aromatic heterocycles. The smallest absolute Gasteiger partial charge is 0.0624 e. The van der Waals surface area contributed by atoms with Gasteiger partial charge in [-0.15, -0.1) is 0 Å². The lowest BCUT2D eigenvalue weighted by Crippen LogP contribution is -2.34. The monoisotopic (exact) mass is 250 g/mol. The molecule has 2 unspecified atom stereocenters. The number of alkyl halides is 1. The highest BCUT2D eigenvalue weighted by molar-refractivity contribution is 9.09. The molecular formula is C10H19BrO2. The molecular weight excluding hydrogens is 232 g/mol. The maximum atomic E-state index is 5.75. The Morgan fingerprint density at radius 3 is 2.46 bits per heavy atom. The Morgan fingerprint density at radius 2 is 1.92 bits per heavy atom. The van der Waals surface area contributed by atoms with E-state index >= 15 is 0 Å². The summed E-state index contributed by atoms with van der Waals surface area (Å²) < 4.78 is 11.4. The first-order valence-electron chi connectivity index (χ1n) is 5.05. The van der Waals surface area contributed by atoms with E-state index in [1.165, 1.54) is 0 Å². The van der Waals surface area contributed by atoms with Crippen LogP contribution in [-0.2, 0) is 9.47 Å². The zero-order chi connectivity index (χ0) is 9.68. The van der Waals surface area contributed by atoms with E-state index < -0.39 is 0 Å². The molecule has 2 nitrogen and oxygen atoms in total. The van der Waals surface area contributed by atoms with Crippen molar-refractivity contribution in [3.05, 3.63) is 0 Å². The van der Waals surface area contributed by atoms with E-state index in [0.29, 0.717) is 18.3 Å². The molecule has 13 heavy (non-hydrogen) atoms. The molecule has 0 aliphatic carbocycles. The van der Waals surface area contributed by atoms with E-state index in [9.17, 15) is 0 Å². The van der Waals surface area contributed by atoms with E-state index in [1.807, 2.05) is 0 Å². The van der Waals surface area contributed by atoms with Crippen LogP contribution in [-0.4, -0.2) is 30.2 Å². The molecule has 0 saturated carbocycles. The summed E-state index contributed by atoms with van der Waals surface area (Å²) in [6.45, 7) is 5.11.